The molecular formula is C21H25BrN4O3. The van der Waals surface area contributed by atoms with Gasteiger partial charge in [0.15, 0.2) is 0 Å². The molecule has 1 aromatic rings. The first kappa shape index (κ1) is 21.5. The lowest BCUT2D eigenvalue weighted by atomic mass is 10.0. The molecule has 0 N–H and O–H groups in total. The molecule has 1 aromatic carbocycles. The summed E-state index contributed by atoms with van der Waals surface area (Å²) in [6.07, 6.45) is 0.738. The second-order valence-electron chi connectivity index (χ2n) is 7.79. The normalized spacial score (nSPS) is 18.2. The quantitative estimate of drug-likeness (QED) is 0.608. The van der Waals surface area contributed by atoms with E-state index in [1.54, 1.807) is 18.2 Å². The molecule has 1 fully saturated rings. The molecule has 154 valence electrons. The molecule has 1 atom stereocenters. The summed E-state index contributed by atoms with van der Waals surface area (Å²) < 4.78 is 0.754. The topological polar surface area (TPSA) is 84.7 Å². The Morgan fingerprint density at radius 2 is 1.79 bits per heavy atom. The maximum Gasteiger partial charge on any atom is 0.261 e. The average Bonchev–Trinajstić information content (AvgIpc) is 2.93. The Morgan fingerprint density at radius 1 is 1.14 bits per heavy atom. The van der Waals surface area contributed by atoms with Crippen LogP contribution in [-0.2, 0) is 4.79 Å². The van der Waals surface area contributed by atoms with Gasteiger partial charge in [-0.3, -0.25) is 24.2 Å². The van der Waals surface area contributed by atoms with Crippen LogP contribution in [-0.4, -0.2) is 71.2 Å². The zero-order valence-corrected chi connectivity index (χ0v) is 18.3. The monoisotopic (exact) mass is 460 g/mol. The van der Waals surface area contributed by atoms with Crippen molar-refractivity contribution in [3.8, 4) is 6.07 Å². The van der Waals surface area contributed by atoms with Gasteiger partial charge >= 0.3 is 0 Å². The van der Waals surface area contributed by atoms with E-state index in [1.165, 1.54) is 4.90 Å². The molecule has 1 saturated heterocycles. The van der Waals surface area contributed by atoms with Gasteiger partial charge < -0.3 is 4.90 Å². The van der Waals surface area contributed by atoms with Crippen LogP contribution in [0.25, 0.3) is 0 Å². The summed E-state index contributed by atoms with van der Waals surface area (Å²) in [5.74, 6) is -0.317. The Bertz CT molecular complexity index is 856. The van der Waals surface area contributed by atoms with E-state index in [1.807, 2.05) is 18.7 Å². The molecule has 2 aliphatic heterocycles. The number of imide groups is 1. The third-order valence-corrected chi connectivity index (χ3v) is 6.02. The molecule has 0 aromatic heterocycles. The summed E-state index contributed by atoms with van der Waals surface area (Å²) in [6, 6.07) is 7.28. The predicted octanol–water partition coefficient (Wildman–Crippen LogP) is 2.52. The lowest BCUT2D eigenvalue weighted by Gasteiger charge is -2.38. The third kappa shape index (κ3) is 4.51. The van der Waals surface area contributed by atoms with E-state index in [0.29, 0.717) is 50.1 Å². The minimum absolute atomic E-state index is 0.0297. The molecule has 0 saturated carbocycles. The number of halogens is 1. The fourth-order valence-electron chi connectivity index (χ4n) is 3.91. The molecule has 3 amide bonds. The van der Waals surface area contributed by atoms with Crippen molar-refractivity contribution in [2.75, 3.05) is 32.7 Å². The van der Waals surface area contributed by atoms with Gasteiger partial charge in [-0.15, -0.1) is 0 Å². The highest BCUT2D eigenvalue weighted by molar-refractivity contribution is 9.10. The average molecular weight is 461 g/mol. The van der Waals surface area contributed by atoms with Gasteiger partial charge in [-0.1, -0.05) is 29.8 Å². The smallest absolute Gasteiger partial charge is 0.261 e. The number of carbonyl (C=O) groups is 3. The lowest BCUT2D eigenvalue weighted by Crippen LogP contribution is -2.52. The largest absolute Gasteiger partial charge is 0.340 e. The number of rotatable bonds is 6. The summed E-state index contributed by atoms with van der Waals surface area (Å²) in [6.45, 7) is 6.88. The van der Waals surface area contributed by atoms with Crippen LogP contribution >= 0.6 is 15.9 Å². The number of hydrogen-bond acceptors (Lipinski definition) is 5. The molecule has 0 spiro atoms. The summed E-state index contributed by atoms with van der Waals surface area (Å²) in [5, 5.41) is 9.33. The van der Waals surface area contributed by atoms with Crippen LogP contribution in [0.5, 0.6) is 0 Å². The van der Waals surface area contributed by atoms with Gasteiger partial charge in [0.25, 0.3) is 11.8 Å². The van der Waals surface area contributed by atoms with Gasteiger partial charge in [0, 0.05) is 43.6 Å². The van der Waals surface area contributed by atoms with Gasteiger partial charge in [-0.25, -0.2) is 0 Å². The number of carbonyl (C=O) groups excluding carboxylic acids is 3. The number of hydrogen-bond donors (Lipinski definition) is 0. The first-order valence-electron chi connectivity index (χ1n) is 9.90. The highest BCUT2D eigenvalue weighted by atomic mass is 79.9. The van der Waals surface area contributed by atoms with E-state index in [0.717, 1.165) is 4.47 Å². The lowest BCUT2D eigenvalue weighted by molar-refractivity contribution is -0.133. The first-order valence-corrected chi connectivity index (χ1v) is 10.7. The van der Waals surface area contributed by atoms with Crippen molar-refractivity contribution in [1.29, 1.82) is 5.26 Å². The van der Waals surface area contributed by atoms with Crippen molar-refractivity contribution < 1.29 is 14.4 Å². The number of fused-ring (bicyclic) bond motifs is 1. The fraction of sp³-hybridized carbons (Fsp3) is 0.524. The molecule has 0 aliphatic carbocycles. The molecule has 2 aliphatic rings. The van der Waals surface area contributed by atoms with E-state index < -0.39 is 0 Å². The van der Waals surface area contributed by atoms with Crippen LogP contribution in [0.3, 0.4) is 0 Å². The minimum atomic E-state index is -0.302. The van der Waals surface area contributed by atoms with Crippen LogP contribution < -0.4 is 0 Å². The van der Waals surface area contributed by atoms with Crippen molar-refractivity contribution in [2.45, 2.75) is 32.7 Å². The van der Waals surface area contributed by atoms with Crippen LogP contribution in [0, 0.1) is 17.2 Å². The standard InChI is InChI=1S/C21H25BrN4O3/c1-14(2)18(13-23)24-8-10-25(11-9-24)19(27)4-3-7-26-20(28)16-6-5-15(22)12-17(16)21(26)29/h5-6,12,14,18H,3-4,7-11H2,1-2H3. The van der Waals surface area contributed by atoms with Gasteiger partial charge in [-0.05, 0) is 30.5 Å². The molecular weight excluding hydrogens is 436 g/mol. The van der Waals surface area contributed by atoms with E-state index in [4.69, 9.17) is 0 Å². The number of benzene rings is 1. The Morgan fingerprint density at radius 3 is 2.41 bits per heavy atom. The highest BCUT2D eigenvalue weighted by Crippen LogP contribution is 2.26. The van der Waals surface area contributed by atoms with Crippen LogP contribution in [0.1, 0.15) is 47.4 Å². The van der Waals surface area contributed by atoms with Crippen LogP contribution in [0.15, 0.2) is 22.7 Å². The zero-order chi connectivity index (χ0) is 21.1. The molecule has 1 unspecified atom stereocenters. The second-order valence-corrected chi connectivity index (χ2v) is 8.71. The van der Waals surface area contributed by atoms with E-state index in [9.17, 15) is 19.6 Å². The van der Waals surface area contributed by atoms with Gasteiger partial charge in [0.2, 0.25) is 5.91 Å². The summed E-state index contributed by atoms with van der Waals surface area (Å²) in [7, 11) is 0. The molecule has 0 radical (unpaired) electrons. The van der Waals surface area contributed by atoms with Crippen molar-refractivity contribution in [1.82, 2.24) is 14.7 Å². The van der Waals surface area contributed by atoms with Gasteiger partial charge in [0.05, 0.1) is 17.2 Å². The Hall–Kier alpha value is -2.24. The highest BCUT2D eigenvalue weighted by Gasteiger charge is 2.35. The number of amides is 3. The third-order valence-electron chi connectivity index (χ3n) is 5.53. The van der Waals surface area contributed by atoms with Crippen LogP contribution in [0.4, 0.5) is 0 Å². The van der Waals surface area contributed by atoms with E-state index >= 15 is 0 Å². The molecule has 29 heavy (non-hydrogen) atoms. The Labute approximate surface area is 179 Å². The molecule has 2 heterocycles. The molecule has 8 heteroatoms. The fourth-order valence-corrected chi connectivity index (χ4v) is 4.28. The van der Waals surface area contributed by atoms with Crippen molar-refractivity contribution in [2.24, 2.45) is 5.92 Å². The number of nitriles is 1. The molecule has 3 rings (SSSR count). The van der Waals surface area contributed by atoms with Gasteiger partial charge in [0.1, 0.15) is 6.04 Å². The SMILES string of the molecule is CC(C)C(C#N)N1CCN(C(=O)CCCN2C(=O)c3ccc(Br)cc3C2=O)CC1. The Kier molecular flexibility index (Phi) is 6.70. The van der Waals surface area contributed by atoms with Crippen LogP contribution in [0.2, 0.25) is 0 Å². The van der Waals surface area contributed by atoms with E-state index in [-0.39, 0.29) is 36.2 Å². The summed E-state index contributed by atoms with van der Waals surface area (Å²) in [4.78, 5) is 42.6. The predicted molar refractivity (Wildman–Crippen MR) is 111 cm³/mol. The van der Waals surface area contributed by atoms with Crippen molar-refractivity contribution in [3.05, 3.63) is 33.8 Å². The van der Waals surface area contributed by atoms with Gasteiger partial charge in [-0.2, -0.15) is 5.26 Å². The maximum atomic E-state index is 12.5. The zero-order valence-electron chi connectivity index (χ0n) is 16.7. The number of piperazine rings is 1. The molecule has 0 bridgehead atoms. The number of nitrogens with zero attached hydrogens (tertiary/aromatic N) is 4. The molecule has 7 nitrogen and oxygen atoms in total. The summed E-state index contributed by atoms with van der Waals surface area (Å²) >= 11 is 3.32. The van der Waals surface area contributed by atoms with Crippen molar-refractivity contribution >= 4 is 33.7 Å². The maximum absolute atomic E-state index is 12.5. The Balaban J connectivity index is 1.47. The first-order chi connectivity index (χ1) is 13.8. The second kappa shape index (κ2) is 9.06. The van der Waals surface area contributed by atoms with E-state index in [2.05, 4.69) is 26.9 Å². The minimum Gasteiger partial charge on any atom is -0.340 e. The summed E-state index contributed by atoms with van der Waals surface area (Å²) in [5.41, 5.74) is 0.821. The van der Waals surface area contributed by atoms with Crippen molar-refractivity contribution in [3.63, 3.8) is 0 Å².